The Morgan fingerprint density at radius 2 is 2.33 bits per heavy atom. The fourth-order valence-corrected chi connectivity index (χ4v) is 2.40. The van der Waals surface area contributed by atoms with Gasteiger partial charge in [0.15, 0.2) is 5.78 Å². The smallest absolute Gasteiger partial charge is 0.316 e. The van der Waals surface area contributed by atoms with Gasteiger partial charge >= 0.3 is 6.03 Å². The van der Waals surface area contributed by atoms with Gasteiger partial charge in [-0.15, -0.1) is 0 Å². The zero-order valence-electron chi connectivity index (χ0n) is 7.07. The zero-order valence-corrected chi connectivity index (χ0v) is 9.23. The lowest BCUT2D eigenvalue weighted by molar-refractivity contribution is -0.120. The van der Waals surface area contributed by atoms with E-state index in [9.17, 15) is 9.59 Å². The van der Waals surface area contributed by atoms with Crippen LogP contribution in [0, 0.1) is 0 Å². The fourth-order valence-electron chi connectivity index (χ4n) is 1.21. The van der Waals surface area contributed by atoms with Crippen LogP contribution in [-0.4, -0.2) is 41.0 Å². The van der Waals surface area contributed by atoms with Gasteiger partial charge in [-0.05, 0) is 15.3 Å². The Labute approximate surface area is 75.6 Å². The highest BCUT2D eigenvalue weighted by atomic mass is 32.0. The summed E-state index contributed by atoms with van der Waals surface area (Å²) in [5.74, 6) is 0.0524. The van der Waals surface area contributed by atoms with Gasteiger partial charge in [-0.2, -0.15) is 0 Å². The van der Waals surface area contributed by atoms with E-state index in [1.54, 1.807) is 11.7 Å². The van der Waals surface area contributed by atoms with Crippen LogP contribution in [-0.2, 0) is 4.79 Å². The van der Waals surface area contributed by atoms with Gasteiger partial charge in [-0.1, -0.05) is 8.93 Å². The van der Waals surface area contributed by atoms with E-state index < -0.39 is 0 Å². The maximum Gasteiger partial charge on any atom is 0.323 e. The first-order valence-electron chi connectivity index (χ1n) is 3.59. The molecule has 0 bridgehead atoms. The summed E-state index contributed by atoms with van der Waals surface area (Å²) in [6.45, 7) is 2.05. The summed E-state index contributed by atoms with van der Waals surface area (Å²) in [6, 6.07) is -0.297. The summed E-state index contributed by atoms with van der Waals surface area (Å²) < 4.78 is 1.66. The van der Waals surface area contributed by atoms with Gasteiger partial charge in [-0.3, -0.25) is 4.79 Å². The molecule has 3 unspecified atom stereocenters. The second kappa shape index (κ2) is 3.68. The molecule has 0 aromatic rings. The van der Waals surface area contributed by atoms with Crippen LogP contribution < -0.4 is 0 Å². The standard InChI is InChI=1S/C6H12N2O2P2/c1-4(9)5-3-8(12-11)6(10)7(5)2/h5,12H,3,11H2,1-2H3. The molecule has 0 saturated carbocycles. The van der Waals surface area contributed by atoms with Crippen molar-refractivity contribution in [3.63, 3.8) is 0 Å². The van der Waals surface area contributed by atoms with Crippen molar-refractivity contribution < 1.29 is 9.59 Å². The Hall–Kier alpha value is -0.200. The number of hydrogen-bond donors (Lipinski definition) is 0. The number of urea groups is 1. The molecule has 0 aliphatic carbocycles. The molecule has 0 spiro atoms. The van der Waals surface area contributed by atoms with E-state index >= 15 is 0 Å². The summed E-state index contributed by atoms with van der Waals surface area (Å²) >= 11 is 0. The number of Topliss-reactive ketones (excluding diaryl/α,β-unsaturated/α-hetero) is 1. The number of carbonyl (C=O) groups is 2. The largest absolute Gasteiger partial charge is 0.323 e. The molecule has 1 rings (SSSR count). The Morgan fingerprint density at radius 3 is 2.58 bits per heavy atom. The molecule has 1 saturated heterocycles. The molecular weight excluding hydrogens is 194 g/mol. The first kappa shape index (κ1) is 9.88. The summed E-state index contributed by atoms with van der Waals surface area (Å²) in [5.41, 5.74) is 0. The van der Waals surface area contributed by atoms with Gasteiger partial charge in [0.05, 0.1) is 6.54 Å². The van der Waals surface area contributed by atoms with Crippen molar-refractivity contribution in [3.8, 4) is 0 Å². The van der Waals surface area contributed by atoms with Crippen LogP contribution >= 0.6 is 17.3 Å². The van der Waals surface area contributed by atoms with Gasteiger partial charge in [-0.25, -0.2) is 4.79 Å². The third-order valence-corrected chi connectivity index (χ3v) is 3.60. The minimum Gasteiger partial charge on any atom is -0.316 e. The van der Waals surface area contributed by atoms with E-state index in [1.807, 2.05) is 0 Å². The molecule has 3 atom stereocenters. The van der Waals surface area contributed by atoms with E-state index in [0.29, 0.717) is 15.0 Å². The molecule has 0 radical (unpaired) electrons. The van der Waals surface area contributed by atoms with Crippen LogP contribution in [0.4, 0.5) is 4.79 Å². The predicted octanol–water partition coefficient (Wildman–Crippen LogP) is 0.695. The van der Waals surface area contributed by atoms with Crippen LogP contribution in [0.5, 0.6) is 0 Å². The number of nitrogens with zero attached hydrogens (tertiary/aromatic N) is 2. The molecule has 2 amide bonds. The molecule has 1 aliphatic heterocycles. The van der Waals surface area contributed by atoms with E-state index in [-0.39, 0.29) is 17.9 Å². The van der Waals surface area contributed by atoms with Gasteiger partial charge < -0.3 is 9.57 Å². The number of rotatable bonds is 2. The van der Waals surface area contributed by atoms with Gasteiger partial charge in [0.25, 0.3) is 0 Å². The maximum atomic E-state index is 11.3. The van der Waals surface area contributed by atoms with E-state index in [1.165, 1.54) is 11.8 Å². The summed E-state index contributed by atoms with van der Waals surface area (Å²) in [6.07, 6.45) is 0. The lowest BCUT2D eigenvalue weighted by Gasteiger charge is -2.13. The highest BCUT2D eigenvalue weighted by Gasteiger charge is 2.36. The molecule has 1 aliphatic rings. The molecule has 1 heterocycles. The van der Waals surface area contributed by atoms with Crippen molar-refractivity contribution in [2.75, 3.05) is 13.6 Å². The Morgan fingerprint density at radius 1 is 1.75 bits per heavy atom. The number of hydrogen-bond acceptors (Lipinski definition) is 2. The van der Waals surface area contributed by atoms with Gasteiger partial charge in [0.1, 0.15) is 6.04 Å². The van der Waals surface area contributed by atoms with E-state index in [0.717, 1.165) is 0 Å². The van der Waals surface area contributed by atoms with Crippen molar-refractivity contribution in [1.82, 2.24) is 9.57 Å². The third-order valence-electron chi connectivity index (χ3n) is 1.98. The van der Waals surface area contributed by atoms with Crippen molar-refractivity contribution in [1.29, 1.82) is 0 Å². The topological polar surface area (TPSA) is 40.6 Å². The number of carbonyl (C=O) groups excluding carboxylic acids is 2. The second-order valence-electron chi connectivity index (χ2n) is 2.76. The van der Waals surface area contributed by atoms with Crippen LogP contribution in [0.1, 0.15) is 6.92 Å². The number of ketones is 1. The first-order chi connectivity index (χ1) is 5.57. The Balaban J connectivity index is 2.73. The highest BCUT2D eigenvalue weighted by molar-refractivity contribution is 8.01. The fraction of sp³-hybridized carbons (Fsp3) is 0.667. The Bertz CT molecular complexity index is 222. The van der Waals surface area contributed by atoms with Gasteiger partial charge in [0, 0.05) is 7.05 Å². The molecule has 12 heavy (non-hydrogen) atoms. The van der Waals surface area contributed by atoms with E-state index in [4.69, 9.17) is 0 Å². The molecule has 0 N–H and O–H groups in total. The minimum atomic E-state index is -0.245. The van der Waals surface area contributed by atoms with Crippen LogP contribution in [0.2, 0.25) is 0 Å². The number of amides is 2. The predicted molar refractivity (Wildman–Crippen MR) is 52.4 cm³/mol. The van der Waals surface area contributed by atoms with Crippen molar-refractivity contribution >= 4 is 29.2 Å². The molecule has 0 aromatic heterocycles. The lowest BCUT2D eigenvalue weighted by Crippen LogP contribution is -2.34. The lowest BCUT2D eigenvalue weighted by atomic mass is 10.2. The quantitative estimate of drug-likeness (QED) is 0.624. The van der Waals surface area contributed by atoms with Gasteiger partial charge in [0.2, 0.25) is 0 Å². The highest BCUT2D eigenvalue weighted by Crippen LogP contribution is 2.32. The average Bonchev–Trinajstić information content (AvgIpc) is 2.30. The van der Waals surface area contributed by atoms with Crippen LogP contribution in [0.25, 0.3) is 0 Å². The summed E-state index contributed by atoms with van der Waals surface area (Å²) in [5, 5.41) is 0. The molecule has 6 heteroatoms. The zero-order chi connectivity index (χ0) is 9.30. The minimum absolute atomic E-state index is 0.0523. The monoisotopic (exact) mass is 206 g/mol. The summed E-state index contributed by atoms with van der Waals surface area (Å²) in [4.78, 5) is 23.9. The molecule has 4 nitrogen and oxygen atoms in total. The number of likely N-dealkylation sites (N-methyl/N-ethyl adjacent to an activating group) is 1. The summed E-state index contributed by atoms with van der Waals surface area (Å²) in [7, 11) is 4.54. The average molecular weight is 206 g/mol. The first-order valence-corrected chi connectivity index (χ1v) is 6.34. The molecule has 1 fully saturated rings. The SMILES string of the molecule is CC(=O)C1CN(PP)C(=O)N1C. The molecular formula is C6H12N2O2P2. The molecule has 0 aromatic carbocycles. The van der Waals surface area contributed by atoms with Crippen LogP contribution in [0.15, 0.2) is 0 Å². The normalized spacial score (nSPS) is 24.6. The van der Waals surface area contributed by atoms with Crippen LogP contribution in [0.3, 0.4) is 0 Å². The second-order valence-corrected chi connectivity index (χ2v) is 4.33. The van der Waals surface area contributed by atoms with Crippen molar-refractivity contribution in [2.45, 2.75) is 13.0 Å². The van der Waals surface area contributed by atoms with Crippen molar-refractivity contribution in [2.24, 2.45) is 0 Å². The van der Waals surface area contributed by atoms with E-state index in [2.05, 4.69) is 8.93 Å². The molecule has 68 valence electrons. The Kier molecular flexibility index (Phi) is 3.03. The maximum absolute atomic E-state index is 11.3. The van der Waals surface area contributed by atoms with Crippen molar-refractivity contribution in [3.05, 3.63) is 0 Å². The third kappa shape index (κ3) is 1.60.